The Kier molecular flexibility index (Phi) is 5.56. The number of rotatable bonds is 5. The summed E-state index contributed by atoms with van der Waals surface area (Å²) in [4.78, 5) is 14.1. The largest absolute Gasteiger partial charge is 0.464 e. The smallest absolute Gasteiger partial charge is 0.339 e. The van der Waals surface area contributed by atoms with Crippen LogP contribution in [0.4, 0.5) is 0 Å². The van der Waals surface area contributed by atoms with Crippen molar-refractivity contribution in [3.63, 3.8) is 0 Å². The Morgan fingerprint density at radius 3 is 2.70 bits per heavy atom. The van der Waals surface area contributed by atoms with Gasteiger partial charge in [-0.05, 0) is 44.0 Å². The van der Waals surface area contributed by atoms with Crippen molar-refractivity contribution in [2.75, 3.05) is 19.7 Å². The zero-order chi connectivity index (χ0) is 14.4. The van der Waals surface area contributed by atoms with E-state index in [9.17, 15) is 9.90 Å². The van der Waals surface area contributed by atoms with Gasteiger partial charge in [0, 0.05) is 6.54 Å². The first-order valence-corrected chi connectivity index (χ1v) is 7.37. The fourth-order valence-corrected chi connectivity index (χ4v) is 2.65. The van der Waals surface area contributed by atoms with Crippen molar-refractivity contribution in [2.45, 2.75) is 38.8 Å². The summed E-state index contributed by atoms with van der Waals surface area (Å²) in [5.41, 5.74) is 1.67. The average Bonchev–Trinajstić information content (AvgIpc) is 2.48. The first kappa shape index (κ1) is 15.0. The van der Waals surface area contributed by atoms with Gasteiger partial charge >= 0.3 is 5.97 Å². The minimum Gasteiger partial charge on any atom is -0.464 e. The molecule has 1 fully saturated rings. The molecule has 1 aliphatic rings. The van der Waals surface area contributed by atoms with Crippen molar-refractivity contribution in [1.29, 1.82) is 0 Å². The van der Waals surface area contributed by atoms with Gasteiger partial charge in [0.05, 0.1) is 6.61 Å². The number of carbonyl (C=O) groups is 1. The van der Waals surface area contributed by atoms with Gasteiger partial charge in [-0.25, -0.2) is 4.79 Å². The Balaban J connectivity index is 2.10. The molecule has 0 aliphatic carbocycles. The molecule has 4 heteroatoms. The van der Waals surface area contributed by atoms with E-state index in [1.54, 1.807) is 13.0 Å². The Hall–Kier alpha value is -1.39. The number of esters is 1. The molecule has 1 aliphatic heterocycles. The number of ether oxygens (including phenoxy) is 1. The number of hydrogen-bond acceptors (Lipinski definition) is 4. The molecule has 20 heavy (non-hydrogen) atoms. The van der Waals surface area contributed by atoms with Crippen LogP contribution in [0.5, 0.6) is 0 Å². The first-order chi connectivity index (χ1) is 9.72. The zero-order valence-corrected chi connectivity index (χ0v) is 12.0. The van der Waals surface area contributed by atoms with Gasteiger partial charge in [0.15, 0.2) is 6.10 Å². The van der Waals surface area contributed by atoms with Gasteiger partial charge in [0.1, 0.15) is 0 Å². The average molecular weight is 277 g/mol. The van der Waals surface area contributed by atoms with Crippen molar-refractivity contribution < 1.29 is 14.6 Å². The molecule has 0 amide bonds. The van der Waals surface area contributed by atoms with Gasteiger partial charge < -0.3 is 9.84 Å². The van der Waals surface area contributed by atoms with Crippen LogP contribution in [0.3, 0.4) is 0 Å². The summed E-state index contributed by atoms with van der Waals surface area (Å²) in [6.45, 7) is 4.98. The highest BCUT2D eigenvalue weighted by atomic mass is 16.5. The third-order valence-corrected chi connectivity index (χ3v) is 3.70. The summed E-state index contributed by atoms with van der Waals surface area (Å²) in [6.07, 6.45) is 2.56. The number of aliphatic hydroxyl groups excluding tert-OH is 1. The van der Waals surface area contributed by atoms with Gasteiger partial charge in [0.2, 0.25) is 0 Å². The third kappa shape index (κ3) is 3.81. The second kappa shape index (κ2) is 7.41. The molecular weight excluding hydrogens is 254 g/mol. The van der Waals surface area contributed by atoms with E-state index in [-0.39, 0.29) is 6.61 Å². The maximum atomic E-state index is 11.7. The van der Waals surface area contributed by atoms with Crippen LogP contribution in [0, 0.1) is 0 Å². The molecule has 0 spiro atoms. The Morgan fingerprint density at radius 2 is 2.00 bits per heavy atom. The number of benzene rings is 1. The zero-order valence-electron chi connectivity index (χ0n) is 12.0. The molecular formula is C16H23NO3. The van der Waals surface area contributed by atoms with Crippen LogP contribution >= 0.6 is 0 Å². The van der Waals surface area contributed by atoms with Crippen LogP contribution in [-0.4, -0.2) is 35.7 Å². The Morgan fingerprint density at radius 1 is 1.30 bits per heavy atom. The van der Waals surface area contributed by atoms with E-state index < -0.39 is 12.1 Å². The summed E-state index contributed by atoms with van der Waals surface area (Å²) >= 11 is 0. The van der Waals surface area contributed by atoms with E-state index in [1.807, 2.05) is 18.2 Å². The highest BCUT2D eigenvalue weighted by Gasteiger charge is 2.22. The predicted molar refractivity (Wildman–Crippen MR) is 77.2 cm³/mol. The third-order valence-electron chi connectivity index (χ3n) is 3.70. The van der Waals surface area contributed by atoms with Gasteiger partial charge in [-0.2, -0.15) is 0 Å². The van der Waals surface area contributed by atoms with Gasteiger partial charge in [-0.15, -0.1) is 0 Å². The number of carbonyl (C=O) groups excluding carboxylic acids is 1. The summed E-state index contributed by atoms with van der Waals surface area (Å²) in [5.74, 6) is -0.571. The van der Waals surface area contributed by atoms with E-state index in [1.165, 1.54) is 19.3 Å². The van der Waals surface area contributed by atoms with Gasteiger partial charge in [-0.3, -0.25) is 4.90 Å². The fourth-order valence-electron chi connectivity index (χ4n) is 2.65. The number of hydrogen-bond donors (Lipinski definition) is 1. The van der Waals surface area contributed by atoms with Crippen molar-refractivity contribution in [1.82, 2.24) is 4.90 Å². The summed E-state index contributed by atoms with van der Waals surface area (Å²) in [7, 11) is 0. The van der Waals surface area contributed by atoms with Crippen LogP contribution in [0.2, 0.25) is 0 Å². The maximum absolute atomic E-state index is 11.7. The van der Waals surface area contributed by atoms with Crippen LogP contribution < -0.4 is 0 Å². The van der Waals surface area contributed by atoms with Crippen LogP contribution in [0.25, 0.3) is 0 Å². The lowest BCUT2D eigenvalue weighted by Crippen LogP contribution is -2.30. The minimum absolute atomic E-state index is 0.282. The number of likely N-dealkylation sites (tertiary alicyclic amines) is 1. The second-order valence-electron chi connectivity index (χ2n) is 5.19. The second-order valence-corrected chi connectivity index (χ2v) is 5.19. The van der Waals surface area contributed by atoms with Gasteiger partial charge in [0.25, 0.3) is 0 Å². The number of piperidine rings is 1. The topological polar surface area (TPSA) is 49.8 Å². The van der Waals surface area contributed by atoms with E-state index in [0.717, 1.165) is 25.2 Å². The highest BCUT2D eigenvalue weighted by molar-refractivity contribution is 5.76. The number of aliphatic hydroxyl groups is 1. The number of nitrogens with zero attached hydrogens (tertiary/aromatic N) is 1. The highest BCUT2D eigenvalue weighted by Crippen LogP contribution is 2.22. The van der Waals surface area contributed by atoms with Crippen molar-refractivity contribution in [3.05, 3.63) is 35.4 Å². The minimum atomic E-state index is -1.18. The monoisotopic (exact) mass is 277 g/mol. The lowest BCUT2D eigenvalue weighted by Gasteiger charge is -2.27. The molecule has 1 heterocycles. The van der Waals surface area contributed by atoms with Crippen molar-refractivity contribution in [3.8, 4) is 0 Å². The molecule has 1 N–H and O–H groups in total. The molecule has 1 aromatic carbocycles. The molecule has 0 aromatic heterocycles. The summed E-state index contributed by atoms with van der Waals surface area (Å²) in [5, 5.41) is 10.1. The molecule has 0 bridgehead atoms. The molecule has 1 saturated heterocycles. The molecule has 1 aromatic rings. The van der Waals surface area contributed by atoms with Crippen LogP contribution in [-0.2, 0) is 16.1 Å². The molecule has 0 radical (unpaired) electrons. The normalized spacial score (nSPS) is 17.7. The quantitative estimate of drug-likeness (QED) is 0.839. The van der Waals surface area contributed by atoms with Crippen molar-refractivity contribution >= 4 is 5.97 Å². The van der Waals surface area contributed by atoms with Crippen LogP contribution in [0.15, 0.2) is 24.3 Å². The van der Waals surface area contributed by atoms with E-state index in [0.29, 0.717) is 5.56 Å². The molecule has 0 saturated carbocycles. The summed E-state index contributed by atoms with van der Waals surface area (Å²) < 4.78 is 4.90. The fraction of sp³-hybridized carbons (Fsp3) is 0.562. The lowest BCUT2D eigenvalue weighted by atomic mass is 10.0. The van der Waals surface area contributed by atoms with E-state index in [4.69, 9.17) is 4.74 Å². The Labute approximate surface area is 120 Å². The predicted octanol–water partition coefficient (Wildman–Crippen LogP) is 2.27. The van der Waals surface area contributed by atoms with Gasteiger partial charge in [-0.1, -0.05) is 30.7 Å². The van der Waals surface area contributed by atoms with Crippen LogP contribution in [0.1, 0.15) is 43.4 Å². The van der Waals surface area contributed by atoms with E-state index in [2.05, 4.69) is 4.90 Å². The Bertz CT molecular complexity index is 441. The SMILES string of the molecule is CCOC(=O)C(O)c1ccccc1CN1CCCCC1. The summed E-state index contributed by atoms with van der Waals surface area (Å²) in [6, 6.07) is 7.57. The molecule has 1 atom stereocenters. The first-order valence-electron chi connectivity index (χ1n) is 7.37. The lowest BCUT2D eigenvalue weighted by molar-refractivity contribution is -0.153. The maximum Gasteiger partial charge on any atom is 0.339 e. The molecule has 1 unspecified atom stereocenters. The molecule has 4 nitrogen and oxygen atoms in total. The molecule has 110 valence electrons. The van der Waals surface area contributed by atoms with E-state index >= 15 is 0 Å². The van der Waals surface area contributed by atoms with Crippen molar-refractivity contribution in [2.24, 2.45) is 0 Å². The standard InChI is InChI=1S/C16H23NO3/c1-2-20-16(19)15(18)14-9-5-4-8-13(14)12-17-10-6-3-7-11-17/h4-5,8-9,15,18H,2-3,6-7,10-12H2,1H3. The molecule has 2 rings (SSSR count).